The van der Waals surface area contributed by atoms with Gasteiger partial charge in [-0.1, -0.05) is 19.3 Å². The van der Waals surface area contributed by atoms with Gasteiger partial charge in [0.15, 0.2) is 5.78 Å². The Morgan fingerprint density at radius 1 is 1.38 bits per heavy atom. The SMILES string of the molecule is COCC(=O)COCCC1CCC1. The average molecular weight is 186 g/mol. The highest BCUT2D eigenvalue weighted by molar-refractivity contribution is 5.80. The van der Waals surface area contributed by atoms with Gasteiger partial charge >= 0.3 is 0 Å². The highest BCUT2D eigenvalue weighted by Crippen LogP contribution is 2.28. The molecule has 1 fully saturated rings. The second-order valence-corrected chi connectivity index (χ2v) is 3.61. The van der Waals surface area contributed by atoms with Gasteiger partial charge in [-0.15, -0.1) is 0 Å². The Bertz CT molecular complexity index is 152. The first-order valence-corrected chi connectivity index (χ1v) is 4.91. The van der Waals surface area contributed by atoms with Crippen molar-refractivity contribution in [3.8, 4) is 0 Å². The lowest BCUT2D eigenvalue weighted by Crippen LogP contribution is -2.17. The Labute approximate surface area is 79.4 Å². The number of carbonyl (C=O) groups excluding carboxylic acids is 1. The van der Waals surface area contributed by atoms with E-state index in [0.717, 1.165) is 18.9 Å². The third-order valence-electron chi connectivity index (χ3n) is 2.46. The molecule has 0 aromatic heterocycles. The van der Waals surface area contributed by atoms with Gasteiger partial charge in [-0.2, -0.15) is 0 Å². The van der Waals surface area contributed by atoms with E-state index in [4.69, 9.17) is 4.74 Å². The van der Waals surface area contributed by atoms with Gasteiger partial charge in [-0.3, -0.25) is 4.79 Å². The minimum atomic E-state index is 0.0242. The van der Waals surface area contributed by atoms with Gasteiger partial charge in [0.1, 0.15) is 13.2 Å². The molecule has 76 valence electrons. The minimum Gasteiger partial charge on any atom is -0.377 e. The van der Waals surface area contributed by atoms with E-state index in [1.165, 1.54) is 26.4 Å². The third-order valence-corrected chi connectivity index (χ3v) is 2.46. The average Bonchev–Trinajstić information content (AvgIpc) is 2.01. The number of hydrogen-bond donors (Lipinski definition) is 0. The molecule has 3 heteroatoms. The predicted octanol–water partition coefficient (Wildman–Crippen LogP) is 1.41. The number of ether oxygens (including phenoxy) is 2. The molecule has 0 aromatic carbocycles. The number of carbonyl (C=O) groups is 1. The van der Waals surface area contributed by atoms with E-state index in [9.17, 15) is 4.79 Å². The molecule has 0 atom stereocenters. The molecule has 13 heavy (non-hydrogen) atoms. The van der Waals surface area contributed by atoms with Crippen LogP contribution in [0.25, 0.3) is 0 Å². The first kappa shape index (κ1) is 10.7. The van der Waals surface area contributed by atoms with Crippen molar-refractivity contribution in [2.75, 3.05) is 26.9 Å². The molecule has 1 aliphatic carbocycles. The number of hydrogen-bond acceptors (Lipinski definition) is 3. The monoisotopic (exact) mass is 186 g/mol. The van der Waals surface area contributed by atoms with Crippen LogP contribution in [0.2, 0.25) is 0 Å². The van der Waals surface area contributed by atoms with E-state index in [-0.39, 0.29) is 19.0 Å². The van der Waals surface area contributed by atoms with Crippen molar-refractivity contribution < 1.29 is 14.3 Å². The standard InChI is InChI=1S/C10H18O3/c1-12-7-10(11)8-13-6-5-9-3-2-4-9/h9H,2-8H2,1H3. The van der Waals surface area contributed by atoms with E-state index in [1.807, 2.05) is 0 Å². The summed E-state index contributed by atoms with van der Waals surface area (Å²) >= 11 is 0. The van der Waals surface area contributed by atoms with Gasteiger partial charge in [-0.25, -0.2) is 0 Å². The molecule has 1 rings (SSSR count). The Kier molecular flexibility index (Phi) is 5.01. The topological polar surface area (TPSA) is 35.5 Å². The van der Waals surface area contributed by atoms with Gasteiger partial charge in [0.05, 0.1) is 0 Å². The van der Waals surface area contributed by atoms with Crippen LogP contribution in [0, 0.1) is 5.92 Å². The highest BCUT2D eigenvalue weighted by atomic mass is 16.5. The Morgan fingerprint density at radius 3 is 2.69 bits per heavy atom. The second kappa shape index (κ2) is 6.11. The smallest absolute Gasteiger partial charge is 0.183 e. The molecule has 1 aliphatic rings. The molecule has 3 nitrogen and oxygen atoms in total. The van der Waals surface area contributed by atoms with Crippen molar-refractivity contribution >= 4 is 5.78 Å². The molecule has 0 bridgehead atoms. The number of Topliss-reactive ketones (excluding diaryl/α,β-unsaturated/α-hetero) is 1. The third kappa shape index (κ3) is 4.39. The largest absolute Gasteiger partial charge is 0.377 e. The quantitative estimate of drug-likeness (QED) is 0.564. The molecule has 0 radical (unpaired) electrons. The second-order valence-electron chi connectivity index (χ2n) is 3.61. The lowest BCUT2D eigenvalue weighted by Gasteiger charge is -2.24. The van der Waals surface area contributed by atoms with Crippen molar-refractivity contribution in [3.63, 3.8) is 0 Å². The number of methoxy groups -OCH3 is 1. The first-order valence-electron chi connectivity index (χ1n) is 4.91. The summed E-state index contributed by atoms with van der Waals surface area (Å²) in [5.74, 6) is 0.883. The van der Waals surface area contributed by atoms with Crippen LogP contribution < -0.4 is 0 Å². The van der Waals surface area contributed by atoms with E-state index in [2.05, 4.69) is 4.74 Å². The van der Waals surface area contributed by atoms with Crippen LogP contribution in [0.15, 0.2) is 0 Å². The van der Waals surface area contributed by atoms with Gasteiger partial charge in [0, 0.05) is 13.7 Å². The summed E-state index contributed by atoms with van der Waals surface area (Å²) in [5, 5.41) is 0. The highest BCUT2D eigenvalue weighted by Gasteiger charge is 2.16. The summed E-state index contributed by atoms with van der Waals surface area (Å²) < 4.78 is 9.91. The molecule has 0 saturated heterocycles. The predicted molar refractivity (Wildman–Crippen MR) is 49.7 cm³/mol. The summed E-state index contributed by atoms with van der Waals surface area (Å²) in [6.45, 7) is 1.10. The van der Waals surface area contributed by atoms with Crippen molar-refractivity contribution in [3.05, 3.63) is 0 Å². The Morgan fingerprint density at radius 2 is 2.15 bits per heavy atom. The fourth-order valence-electron chi connectivity index (χ4n) is 1.42. The van der Waals surface area contributed by atoms with Gasteiger partial charge in [-0.05, 0) is 12.3 Å². The molecule has 0 amide bonds. The van der Waals surface area contributed by atoms with Gasteiger partial charge < -0.3 is 9.47 Å². The molecule has 0 heterocycles. The zero-order valence-electron chi connectivity index (χ0n) is 8.25. The van der Waals surface area contributed by atoms with Crippen LogP contribution in [0.3, 0.4) is 0 Å². The maximum absolute atomic E-state index is 10.9. The minimum absolute atomic E-state index is 0.0242. The lowest BCUT2D eigenvalue weighted by atomic mass is 9.83. The van der Waals surface area contributed by atoms with Crippen LogP contribution in [-0.4, -0.2) is 32.7 Å². The lowest BCUT2D eigenvalue weighted by molar-refractivity contribution is -0.127. The molecule has 1 saturated carbocycles. The van der Waals surface area contributed by atoms with Crippen molar-refractivity contribution in [2.24, 2.45) is 5.92 Å². The van der Waals surface area contributed by atoms with Crippen LogP contribution in [0.5, 0.6) is 0 Å². The summed E-state index contributed by atoms with van der Waals surface area (Å²) in [4.78, 5) is 10.9. The Hall–Kier alpha value is -0.410. The van der Waals surface area contributed by atoms with Crippen molar-refractivity contribution in [1.29, 1.82) is 0 Å². The fraction of sp³-hybridized carbons (Fsp3) is 0.900. The molecule has 0 aliphatic heterocycles. The van der Waals surface area contributed by atoms with Crippen LogP contribution >= 0.6 is 0 Å². The summed E-state index contributed by atoms with van der Waals surface area (Å²) in [6.07, 6.45) is 5.16. The summed E-state index contributed by atoms with van der Waals surface area (Å²) in [6, 6.07) is 0. The first-order chi connectivity index (χ1) is 6.33. The zero-order valence-corrected chi connectivity index (χ0v) is 8.25. The van der Waals surface area contributed by atoms with Gasteiger partial charge in [0.25, 0.3) is 0 Å². The van der Waals surface area contributed by atoms with Crippen LogP contribution in [0.1, 0.15) is 25.7 Å². The summed E-state index contributed by atoms with van der Waals surface area (Å²) in [7, 11) is 1.52. The van der Waals surface area contributed by atoms with E-state index < -0.39 is 0 Å². The van der Waals surface area contributed by atoms with Gasteiger partial charge in [0.2, 0.25) is 0 Å². The molecular weight excluding hydrogens is 168 g/mol. The van der Waals surface area contributed by atoms with Crippen LogP contribution in [-0.2, 0) is 14.3 Å². The Balaban J connectivity index is 1.85. The van der Waals surface area contributed by atoms with E-state index in [1.54, 1.807) is 0 Å². The number of rotatable bonds is 7. The van der Waals surface area contributed by atoms with Crippen molar-refractivity contribution in [2.45, 2.75) is 25.7 Å². The fourth-order valence-corrected chi connectivity index (χ4v) is 1.42. The van der Waals surface area contributed by atoms with Crippen molar-refractivity contribution in [1.82, 2.24) is 0 Å². The molecule has 0 spiro atoms. The molecule has 0 N–H and O–H groups in total. The van der Waals surface area contributed by atoms with E-state index >= 15 is 0 Å². The molecule has 0 aromatic rings. The summed E-state index contributed by atoms with van der Waals surface area (Å²) in [5.41, 5.74) is 0. The number of ketones is 1. The maximum Gasteiger partial charge on any atom is 0.183 e. The molecule has 0 unspecified atom stereocenters. The normalized spacial score (nSPS) is 17.0. The van der Waals surface area contributed by atoms with E-state index in [0.29, 0.717) is 0 Å². The van der Waals surface area contributed by atoms with Crippen LogP contribution in [0.4, 0.5) is 0 Å². The maximum atomic E-state index is 10.9. The molecular formula is C10H18O3. The zero-order chi connectivity index (χ0) is 9.52.